The van der Waals surface area contributed by atoms with Crippen molar-refractivity contribution >= 4 is 18.3 Å². The summed E-state index contributed by atoms with van der Waals surface area (Å²) in [6.07, 6.45) is 9.10. The Bertz CT molecular complexity index is 191. The van der Waals surface area contributed by atoms with Crippen LogP contribution in [0, 0.1) is 0 Å². The molecule has 0 bridgehead atoms. The van der Waals surface area contributed by atoms with E-state index in [1.165, 1.54) is 52.0 Å². The van der Waals surface area contributed by atoms with E-state index in [1.807, 2.05) is 0 Å². The van der Waals surface area contributed by atoms with Crippen molar-refractivity contribution in [3.05, 3.63) is 0 Å². The smallest absolute Gasteiger partial charge is 0.418 e. The average molecular weight is 263 g/mol. The van der Waals surface area contributed by atoms with Crippen LogP contribution in [0.3, 0.4) is 0 Å². The van der Waals surface area contributed by atoms with E-state index in [-0.39, 0.29) is 0 Å². The second-order valence-electron chi connectivity index (χ2n) is 4.15. The van der Waals surface area contributed by atoms with Crippen molar-refractivity contribution in [3.63, 3.8) is 0 Å². The molecule has 17 heavy (non-hydrogen) atoms. The Morgan fingerprint density at radius 2 is 1.65 bits per heavy atom. The molecule has 0 atom stereocenters. The standard InChI is InChI=1S/C12H25NO3S/c1-3-4-5-6-7-8-9-10-11-16-17-13(2)12(14)15/h3-11H2,1-2H3,(H,14,15). The van der Waals surface area contributed by atoms with Gasteiger partial charge in [-0.25, -0.2) is 9.10 Å². The van der Waals surface area contributed by atoms with Gasteiger partial charge in [-0.1, -0.05) is 51.9 Å². The molecule has 0 rings (SSSR count). The zero-order valence-corrected chi connectivity index (χ0v) is 11.8. The van der Waals surface area contributed by atoms with Gasteiger partial charge >= 0.3 is 6.09 Å². The molecule has 0 spiro atoms. The Hall–Kier alpha value is -0.420. The molecule has 0 saturated heterocycles. The van der Waals surface area contributed by atoms with Gasteiger partial charge in [0.2, 0.25) is 0 Å². The number of hydrogen-bond donors (Lipinski definition) is 1. The highest BCUT2D eigenvalue weighted by molar-refractivity contribution is 7.92. The highest BCUT2D eigenvalue weighted by Crippen LogP contribution is 2.12. The summed E-state index contributed by atoms with van der Waals surface area (Å²) in [5.74, 6) is 0. The largest absolute Gasteiger partial charge is 0.464 e. The summed E-state index contributed by atoms with van der Waals surface area (Å²) in [5, 5.41) is 8.55. The van der Waals surface area contributed by atoms with Gasteiger partial charge in [0.1, 0.15) is 12.2 Å². The van der Waals surface area contributed by atoms with Gasteiger partial charge in [-0.05, 0) is 6.42 Å². The van der Waals surface area contributed by atoms with Crippen LogP contribution in [0.1, 0.15) is 58.3 Å². The van der Waals surface area contributed by atoms with Crippen LogP contribution in [0.5, 0.6) is 0 Å². The molecule has 0 radical (unpaired) electrons. The quantitative estimate of drug-likeness (QED) is 0.343. The molecule has 1 N–H and O–H groups in total. The Labute approximate surface area is 109 Å². The number of unbranched alkanes of at least 4 members (excludes halogenated alkanes) is 7. The van der Waals surface area contributed by atoms with Crippen LogP contribution >= 0.6 is 12.2 Å². The van der Waals surface area contributed by atoms with Gasteiger partial charge in [0.15, 0.2) is 0 Å². The van der Waals surface area contributed by atoms with Crippen LogP contribution in [-0.4, -0.2) is 29.2 Å². The number of amides is 1. The van der Waals surface area contributed by atoms with Crippen molar-refractivity contribution in [1.29, 1.82) is 0 Å². The van der Waals surface area contributed by atoms with E-state index in [9.17, 15) is 4.79 Å². The Balaban J connectivity index is 3.06. The molecule has 0 fully saturated rings. The van der Waals surface area contributed by atoms with Crippen molar-refractivity contribution < 1.29 is 14.1 Å². The normalized spacial score (nSPS) is 10.5. The third-order valence-electron chi connectivity index (χ3n) is 2.52. The van der Waals surface area contributed by atoms with Gasteiger partial charge in [0, 0.05) is 7.05 Å². The fourth-order valence-electron chi connectivity index (χ4n) is 1.44. The predicted molar refractivity (Wildman–Crippen MR) is 71.9 cm³/mol. The van der Waals surface area contributed by atoms with Crippen LogP contribution in [0.4, 0.5) is 4.79 Å². The summed E-state index contributed by atoms with van der Waals surface area (Å²) in [4.78, 5) is 10.4. The van der Waals surface area contributed by atoms with Crippen molar-refractivity contribution in [2.24, 2.45) is 0 Å². The maximum Gasteiger partial charge on any atom is 0.418 e. The zero-order valence-electron chi connectivity index (χ0n) is 11.0. The molecule has 0 aliphatic heterocycles. The number of hydrogen-bond acceptors (Lipinski definition) is 3. The maximum atomic E-state index is 10.4. The third-order valence-corrected chi connectivity index (χ3v) is 3.17. The van der Waals surface area contributed by atoms with E-state index < -0.39 is 6.09 Å². The monoisotopic (exact) mass is 263 g/mol. The first-order valence-corrected chi connectivity index (χ1v) is 7.14. The number of carbonyl (C=O) groups is 1. The minimum Gasteiger partial charge on any atom is -0.464 e. The number of rotatable bonds is 11. The van der Waals surface area contributed by atoms with Gasteiger partial charge in [-0.15, -0.1) is 0 Å². The molecule has 0 aromatic carbocycles. The van der Waals surface area contributed by atoms with Crippen LogP contribution < -0.4 is 0 Å². The van der Waals surface area contributed by atoms with Gasteiger partial charge in [-0.3, -0.25) is 4.18 Å². The molecule has 4 nitrogen and oxygen atoms in total. The van der Waals surface area contributed by atoms with E-state index in [0.29, 0.717) is 6.61 Å². The minimum atomic E-state index is -0.981. The van der Waals surface area contributed by atoms with Crippen LogP contribution in [-0.2, 0) is 4.18 Å². The third kappa shape index (κ3) is 11.8. The minimum absolute atomic E-state index is 0.622. The Morgan fingerprint density at radius 3 is 2.18 bits per heavy atom. The molecule has 1 amide bonds. The maximum absolute atomic E-state index is 10.4. The molecule has 0 heterocycles. The molecular formula is C12H25NO3S. The van der Waals surface area contributed by atoms with Crippen LogP contribution in [0.2, 0.25) is 0 Å². The zero-order chi connectivity index (χ0) is 12.9. The molecule has 102 valence electrons. The number of nitrogens with zero attached hydrogens (tertiary/aromatic N) is 1. The average Bonchev–Trinajstić information content (AvgIpc) is 2.31. The van der Waals surface area contributed by atoms with Crippen molar-refractivity contribution in [2.75, 3.05) is 13.7 Å². The first kappa shape index (κ1) is 16.6. The molecule has 0 aliphatic carbocycles. The summed E-state index contributed by atoms with van der Waals surface area (Å²) in [6, 6.07) is 0. The van der Waals surface area contributed by atoms with Gasteiger partial charge in [0.05, 0.1) is 6.61 Å². The van der Waals surface area contributed by atoms with E-state index in [2.05, 4.69) is 6.92 Å². The summed E-state index contributed by atoms with van der Waals surface area (Å²) in [6.45, 7) is 2.85. The summed E-state index contributed by atoms with van der Waals surface area (Å²) in [5.41, 5.74) is 0. The second kappa shape index (κ2) is 12.0. The van der Waals surface area contributed by atoms with E-state index in [1.54, 1.807) is 0 Å². The summed E-state index contributed by atoms with van der Waals surface area (Å²) in [7, 11) is 1.47. The molecule has 0 unspecified atom stereocenters. The topological polar surface area (TPSA) is 49.8 Å². The number of carboxylic acid groups (broad SMARTS) is 1. The summed E-state index contributed by atoms with van der Waals surface area (Å²) >= 11 is 0.893. The lowest BCUT2D eigenvalue weighted by Gasteiger charge is -2.09. The van der Waals surface area contributed by atoms with E-state index >= 15 is 0 Å². The highest BCUT2D eigenvalue weighted by Gasteiger charge is 2.05. The highest BCUT2D eigenvalue weighted by atomic mass is 32.2. The Kier molecular flexibility index (Phi) is 11.8. The lowest BCUT2D eigenvalue weighted by molar-refractivity contribution is 0.178. The van der Waals surface area contributed by atoms with Crippen molar-refractivity contribution in [2.45, 2.75) is 58.3 Å². The fraction of sp³-hybridized carbons (Fsp3) is 0.917. The first-order valence-electron chi connectivity index (χ1n) is 6.44. The lowest BCUT2D eigenvalue weighted by Crippen LogP contribution is -2.16. The molecule has 5 heteroatoms. The van der Waals surface area contributed by atoms with Crippen LogP contribution in [0.25, 0.3) is 0 Å². The molecule has 0 aliphatic rings. The fourth-order valence-corrected chi connectivity index (χ4v) is 1.86. The van der Waals surface area contributed by atoms with Crippen molar-refractivity contribution in [1.82, 2.24) is 4.31 Å². The molecule has 0 aromatic rings. The summed E-state index contributed by atoms with van der Waals surface area (Å²) < 4.78 is 6.22. The molecule has 0 aromatic heterocycles. The second-order valence-corrected chi connectivity index (χ2v) is 5.08. The SMILES string of the molecule is CCCCCCCCCCOSN(C)C(=O)O. The van der Waals surface area contributed by atoms with E-state index in [4.69, 9.17) is 9.29 Å². The first-order chi connectivity index (χ1) is 8.18. The van der Waals surface area contributed by atoms with Crippen LogP contribution in [0.15, 0.2) is 0 Å². The Morgan fingerprint density at radius 1 is 1.12 bits per heavy atom. The molecule has 0 saturated carbocycles. The van der Waals surface area contributed by atoms with Gasteiger partial charge in [-0.2, -0.15) is 0 Å². The van der Waals surface area contributed by atoms with E-state index in [0.717, 1.165) is 23.0 Å². The van der Waals surface area contributed by atoms with Crippen molar-refractivity contribution in [3.8, 4) is 0 Å². The van der Waals surface area contributed by atoms with Gasteiger partial charge in [0.25, 0.3) is 0 Å². The van der Waals surface area contributed by atoms with Gasteiger partial charge < -0.3 is 5.11 Å². The lowest BCUT2D eigenvalue weighted by atomic mass is 10.1. The molecular weight excluding hydrogens is 238 g/mol. The predicted octanol–water partition coefficient (Wildman–Crippen LogP) is 4.32.